The van der Waals surface area contributed by atoms with E-state index in [0.29, 0.717) is 11.3 Å². The second kappa shape index (κ2) is 5.18. The number of hydrogen-bond donors (Lipinski definition) is 1. The van der Waals surface area contributed by atoms with Gasteiger partial charge in [0.15, 0.2) is 0 Å². The lowest BCUT2D eigenvalue weighted by molar-refractivity contribution is 0.488. The highest BCUT2D eigenvalue weighted by Crippen LogP contribution is 2.33. The maximum atomic E-state index is 8.97. The predicted octanol–water partition coefficient (Wildman–Crippen LogP) is 4.39. The van der Waals surface area contributed by atoms with Crippen LogP contribution in [0, 0.1) is 18.3 Å². The van der Waals surface area contributed by atoms with Gasteiger partial charge in [0, 0.05) is 16.5 Å². The highest BCUT2D eigenvalue weighted by atomic mass is 16.5. The van der Waals surface area contributed by atoms with Gasteiger partial charge in [-0.1, -0.05) is 24.3 Å². The number of aryl methyl sites for hydroxylation is 1. The van der Waals surface area contributed by atoms with Gasteiger partial charge in [-0.15, -0.1) is 0 Å². The molecule has 2 N–H and O–H groups in total. The van der Waals surface area contributed by atoms with E-state index in [-0.39, 0.29) is 0 Å². The van der Waals surface area contributed by atoms with E-state index in [1.165, 1.54) is 0 Å². The van der Waals surface area contributed by atoms with Crippen LogP contribution in [-0.4, -0.2) is 0 Å². The van der Waals surface area contributed by atoms with Gasteiger partial charge in [0.05, 0.1) is 11.6 Å². The van der Waals surface area contributed by atoms with E-state index in [1.54, 1.807) is 12.1 Å². The average molecular weight is 274 g/mol. The van der Waals surface area contributed by atoms with E-state index in [0.717, 1.165) is 27.8 Å². The molecule has 3 nitrogen and oxygen atoms in total. The van der Waals surface area contributed by atoms with Crippen molar-refractivity contribution in [1.29, 1.82) is 5.26 Å². The summed E-state index contributed by atoms with van der Waals surface area (Å²) in [4.78, 5) is 0. The molecule has 0 saturated carbocycles. The zero-order valence-electron chi connectivity index (χ0n) is 11.6. The molecule has 0 spiro atoms. The minimum atomic E-state index is 0.657. The van der Waals surface area contributed by atoms with Crippen LogP contribution in [-0.2, 0) is 0 Å². The van der Waals surface area contributed by atoms with Gasteiger partial charge < -0.3 is 10.5 Å². The number of benzene rings is 3. The standard InChI is InChI=1S/C18H14N2O/c1-12-10-14(7-6-13(12)11-19)21-18-9-8-17(20)15-4-2-3-5-16(15)18/h2-10H,20H2,1H3. The van der Waals surface area contributed by atoms with E-state index in [2.05, 4.69) is 6.07 Å². The van der Waals surface area contributed by atoms with Gasteiger partial charge in [-0.2, -0.15) is 5.26 Å². The van der Waals surface area contributed by atoms with Crippen molar-refractivity contribution in [3.63, 3.8) is 0 Å². The molecule has 0 aliphatic carbocycles. The van der Waals surface area contributed by atoms with Crippen molar-refractivity contribution >= 4 is 16.5 Å². The Morgan fingerprint density at radius 2 is 1.76 bits per heavy atom. The van der Waals surface area contributed by atoms with Crippen LogP contribution >= 0.6 is 0 Å². The summed E-state index contributed by atoms with van der Waals surface area (Å²) in [5.41, 5.74) is 8.27. The lowest BCUT2D eigenvalue weighted by Gasteiger charge is -2.11. The fourth-order valence-corrected chi connectivity index (χ4v) is 2.34. The van der Waals surface area contributed by atoms with Crippen LogP contribution in [0.4, 0.5) is 5.69 Å². The van der Waals surface area contributed by atoms with Crippen LogP contribution in [0.2, 0.25) is 0 Å². The first-order valence-electron chi connectivity index (χ1n) is 6.65. The molecule has 0 fully saturated rings. The third-order valence-electron chi connectivity index (χ3n) is 3.46. The van der Waals surface area contributed by atoms with Crippen molar-refractivity contribution in [2.24, 2.45) is 0 Å². The smallest absolute Gasteiger partial charge is 0.135 e. The molecule has 0 amide bonds. The van der Waals surface area contributed by atoms with Crippen LogP contribution in [0.5, 0.6) is 11.5 Å². The first kappa shape index (κ1) is 13.0. The number of nitriles is 1. The van der Waals surface area contributed by atoms with Crippen LogP contribution < -0.4 is 10.5 Å². The normalized spacial score (nSPS) is 10.3. The average Bonchev–Trinajstić information content (AvgIpc) is 2.51. The number of fused-ring (bicyclic) bond motifs is 1. The number of nitrogens with zero attached hydrogens (tertiary/aromatic N) is 1. The molecule has 3 aromatic carbocycles. The second-order valence-corrected chi connectivity index (χ2v) is 4.89. The summed E-state index contributed by atoms with van der Waals surface area (Å²) in [5, 5.41) is 10.9. The van der Waals surface area contributed by atoms with E-state index in [9.17, 15) is 0 Å². The summed E-state index contributed by atoms with van der Waals surface area (Å²) in [6, 6.07) is 19.2. The quantitative estimate of drug-likeness (QED) is 0.705. The Balaban J connectivity index is 2.05. The van der Waals surface area contributed by atoms with Crippen LogP contribution in [0.3, 0.4) is 0 Å². The molecule has 0 atom stereocenters. The van der Waals surface area contributed by atoms with Crippen molar-refractivity contribution in [3.05, 3.63) is 65.7 Å². The lowest BCUT2D eigenvalue weighted by atomic mass is 10.1. The number of hydrogen-bond acceptors (Lipinski definition) is 3. The topological polar surface area (TPSA) is 59.0 Å². The van der Waals surface area contributed by atoms with Crippen molar-refractivity contribution in [2.75, 3.05) is 5.73 Å². The summed E-state index contributed by atoms with van der Waals surface area (Å²) in [6.07, 6.45) is 0. The monoisotopic (exact) mass is 274 g/mol. The fourth-order valence-electron chi connectivity index (χ4n) is 2.34. The van der Waals surface area contributed by atoms with Gasteiger partial charge in [0.1, 0.15) is 11.5 Å². The van der Waals surface area contributed by atoms with Gasteiger partial charge in [0.25, 0.3) is 0 Å². The maximum Gasteiger partial charge on any atom is 0.135 e. The maximum absolute atomic E-state index is 8.97. The molecule has 0 saturated heterocycles. The Morgan fingerprint density at radius 1 is 1.00 bits per heavy atom. The molecule has 0 heterocycles. The summed E-state index contributed by atoms with van der Waals surface area (Å²) >= 11 is 0. The van der Waals surface area contributed by atoms with E-state index < -0.39 is 0 Å². The molecule has 0 unspecified atom stereocenters. The SMILES string of the molecule is Cc1cc(Oc2ccc(N)c3ccccc23)ccc1C#N. The largest absolute Gasteiger partial charge is 0.457 e. The molecule has 0 aliphatic rings. The Labute approximate surface area is 123 Å². The van der Waals surface area contributed by atoms with Crippen molar-refractivity contribution in [3.8, 4) is 17.6 Å². The zero-order valence-corrected chi connectivity index (χ0v) is 11.6. The molecule has 3 heteroatoms. The summed E-state index contributed by atoms with van der Waals surface area (Å²) in [6.45, 7) is 1.90. The van der Waals surface area contributed by atoms with Gasteiger partial charge in [-0.3, -0.25) is 0 Å². The molecule has 102 valence electrons. The molecule has 0 aliphatic heterocycles. The third-order valence-corrected chi connectivity index (χ3v) is 3.46. The van der Waals surface area contributed by atoms with Gasteiger partial charge in [-0.05, 0) is 42.8 Å². The fraction of sp³-hybridized carbons (Fsp3) is 0.0556. The molecule has 0 bridgehead atoms. The predicted molar refractivity (Wildman–Crippen MR) is 84.3 cm³/mol. The molecule has 3 rings (SSSR count). The summed E-state index contributed by atoms with van der Waals surface area (Å²) in [5.74, 6) is 1.46. The Hall–Kier alpha value is -2.99. The number of ether oxygens (including phenoxy) is 1. The molecule has 0 radical (unpaired) electrons. The van der Waals surface area contributed by atoms with Crippen LogP contribution in [0.25, 0.3) is 10.8 Å². The number of rotatable bonds is 2. The Bertz CT molecular complexity index is 863. The minimum Gasteiger partial charge on any atom is -0.457 e. The number of anilines is 1. The van der Waals surface area contributed by atoms with E-state index in [1.807, 2.05) is 49.4 Å². The first-order chi connectivity index (χ1) is 10.2. The molecular weight excluding hydrogens is 260 g/mol. The summed E-state index contributed by atoms with van der Waals surface area (Å²) < 4.78 is 5.96. The van der Waals surface area contributed by atoms with Crippen molar-refractivity contribution < 1.29 is 4.74 Å². The molecular formula is C18H14N2O. The Morgan fingerprint density at radius 3 is 2.48 bits per heavy atom. The second-order valence-electron chi connectivity index (χ2n) is 4.89. The van der Waals surface area contributed by atoms with Crippen LogP contribution in [0.1, 0.15) is 11.1 Å². The first-order valence-corrected chi connectivity index (χ1v) is 6.65. The van der Waals surface area contributed by atoms with Crippen molar-refractivity contribution in [1.82, 2.24) is 0 Å². The summed E-state index contributed by atoms with van der Waals surface area (Å²) in [7, 11) is 0. The highest BCUT2D eigenvalue weighted by molar-refractivity contribution is 5.97. The van der Waals surface area contributed by atoms with E-state index in [4.69, 9.17) is 15.7 Å². The molecule has 21 heavy (non-hydrogen) atoms. The van der Waals surface area contributed by atoms with Gasteiger partial charge in [-0.25, -0.2) is 0 Å². The lowest BCUT2D eigenvalue weighted by Crippen LogP contribution is -1.91. The molecule has 0 aromatic heterocycles. The highest BCUT2D eigenvalue weighted by Gasteiger charge is 2.07. The van der Waals surface area contributed by atoms with Crippen LogP contribution in [0.15, 0.2) is 54.6 Å². The third kappa shape index (κ3) is 2.39. The van der Waals surface area contributed by atoms with Gasteiger partial charge in [0.2, 0.25) is 0 Å². The Kier molecular flexibility index (Phi) is 3.21. The van der Waals surface area contributed by atoms with E-state index >= 15 is 0 Å². The van der Waals surface area contributed by atoms with Gasteiger partial charge >= 0.3 is 0 Å². The zero-order chi connectivity index (χ0) is 14.8. The number of nitrogen functional groups attached to an aromatic ring is 1. The minimum absolute atomic E-state index is 0.657. The molecule has 3 aromatic rings. The van der Waals surface area contributed by atoms with Crippen molar-refractivity contribution in [2.45, 2.75) is 6.92 Å². The number of nitrogens with two attached hydrogens (primary N) is 1.